The van der Waals surface area contributed by atoms with Crippen LogP contribution in [-0.2, 0) is 4.79 Å². The average molecular weight is 258 g/mol. The Bertz CT molecular complexity index is 483. The summed E-state index contributed by atoms with van der Waals surface area (Å²) in [6.45, 7) is 4.44. The Labute approximate surface area is 115 Å². The lowest BCUT2D eigenvalue weighted by Crippen LogP contribution is -2.12. The van der Waals surface area contributed by atoms with Crippen LogP contribution in [0.4, 0.5) is 5.69 Å². The van der Waals surface area contributed by atoms with Crippen molar-refractivity contribution in [3.05, 3.63) is 29.3 Å². The highest BCUT2D eigenvalue weighted by atomic mass is 16.1. The zero-order valence-corrected chi connectivity index (χ0v) is 11.8. The summed E-state index contributed by atoms with van der Waals surface area (Å²) >= 11 is 0. The van der Waals surface area contributed by atoms with Crippen LogP contribution in [0.15, 0.2) is 18.2 Å². The second-order valence-corrected chi connectivity index (χ2v) is 4.56. The normalized spacial score (nSPS) is 9.63. The van der Waals surface area contributed by atoms with Gasteiger partial charge in [-0.15, -0.1) is 0 Å². The molecule has 0 bridgehead atoms. The van der Waals surface area contributed by atoms with Crippen LogP contribution in [0.1, 0.15) is 43.7 Å². The quantitative estimate of drug-likeness (QED) is 0.630. The minimum absolute atomic E-state index is 0.0492. The van der Waals surface area contributed by atoms with Crippen molar-refractivity contribution < 1.29 is 4.79 Å². The summed E-state index contributed by atoms with van der Waals surface area (Å²) in [6, 6.07) is 5.83. The van der Waals surface area contributed by atoms with Crippen molar-refractivity contribution in [2.75, 3.05) is 11.9 Å². The van der Waals surface area contributed by atoms with Gasteiger partial charge in [-0.25, -0.2) is 0 Å². The highest BCUT2D eigenvalue weighted by Gasteiger charge is 2.05. The van der Waals surface area contributed by atoms with Crippen molar-refractivity contribution in [2.45, 2.75) is 39.5 Å². The van der Waals surface area contributed by atoms with Gasteiger partial charge in [0.15, 0.2) is 0 Å². The first-order valence-corrected chi connectivity index (χ1v) is 6.76. The Morgan fingerprint density at radius 2 is 2.16 bits per heavy atom. The number of nitrogens with two attached hydrogens (primary N) is 1. The molecule has 0 saturated heterocycles. The van der Waals surface area contributed by atoms with E-state index >= 15 is 0 Å². The molecule has 3 nitrogen and oxygen atoms in total. The van der Waals surface area contributed by atoms with E-state index in [0.717, 1.165) is 36.1 Å². The van der Waals surface area contributed by atoms with E-state index in [1.807, 2.05) is 25.1 Å². The zero-order valence-electron chi connectivity index (χ0n) is 11.8. The first kappa shape index (κ1) is 15.3. The van der Waals surface area contributed by atoms with Crippen molar-refractivity contribution >= 4 is 11.6 Å². The van der Waals surface area contributed by atoms with Crippen molar-refractivity contribution in [3.63, 3.8) is 0 Å². The molecule has 0 fully saturated rings. The summed E-state index contributed by atoms with van der Waals surface area (Å²) in [5.41, 5.74) is 8.10. The molecule has 0 aromatic heterocycles. The molecule has 0 radical (unpaired) electrons. The van der Waals surface area contributed by atoms with Crippen molar-refractivity contribution in [1.29, 1.82) is 0 Å². The van der Waals surface area contributed by atoms with Gasteiger partial charge in [-0.2, -0.15) is 0 Å². The van der Waals surface area contributed by atoms with Crippen LogP contribution in [0.2, 0.25) is 0 Å². The Hall–Kier alpha value is -1.79. The minimum atomic E-state index is 0.0492. The highest BCUT2D eigenvalue weighted by molar-refractivity contribution is 5.92. The molecule has 1 aromatic rings. The van der Waals surface area contributed by atoms with Gasteiger partial charge in [-0.1, -0.05) is 37.7 Å². The van der Waals surface area contributed by atoms with Crippen LogP contribution in [0, 0.1) is 18.8 Å². The smallest absolute Gasteiger partial charge is 0.224 e. The van der Waals surface area contributed by atoms with E-state index < -0.39 is 0 Å². The summed E-state index contributed by atoms with van der Waals surface area (Å²) in [4.78, 5) is 11.8. The number of nitrogens with one attached hydrogen (secondary N) is 1. The van der Waals surface area contributed by atoms with Gasteiger partial charge in [-0.05, 0) is 31.0 Å². The molecule has 0 atom stereocenters. The van der Waals surface area contributed by atoms with Crippen molar-refractivity contribution in [3.8, 4) is 11.8 Å². The van der Waals surface area contributed by atoms with Crippen LogP contribution < -0.4 is 11.1 Å². The standard InChI is InChI=1S/C16H22N2O/c1-3-4-5-8-16(19)18-15-10-9-13(2)12-14(15)7-6-11-17/h9-10,12H,3-5,8,11,17H2,1-2H3,(H,18,19). The molecule has 0 unspecified atom stereocenters. The molecule has 0 saturated carbocycles. The van der Waals surface area contributed by atoms with E-state index in [2.05, 4.69) is 24.1 Å². The molecular weight excluding hydrogens is 236 g/mol. The average Bonchev–Trinajstić information content (AvgIpc) is 2.39. The number of carbonyl (C=O) groups excluding carboxylic acids is 1. The summed E-state index contributed by atoms with van der Waals surface area (Å²) < 4.78 is 0. The maximum Gasteiger partial charge on any atom is 0.224 e. The van der Waals surface area contributed by atoms with E-state index in [1.54, 1.807) is 0 Å². The van der Waals surface area contributed by atoms with E-state index in [1.165, 1.54) is 0 Å². The fourth-order valence-electron chi connectivity index (χ4n) is 1.77. The zero-order chi connectivity index (χ0) is 14.1. The molecule has 3 N–H and O–H groups in total. The molecule has 0 aliphatic rings. The molecule has 1 amide bonds. The number of unbranched alkanes of at least 4 members (excludes halogenated alkanes) is 2. The first-order chi connectivity index (χ1) is 9.17. The van der Waals surface area contributed by atoms with E-state index in [4.69, 9.17) is 5.73 Å². The Morgan fingerprint density at radius 3 is 2.84 bits per heavy atom. The van der Waals surface area contributed by atoms with E-state index in [0.29, 0.717) is 13.0 Å². The maximum absolute atomic E-state index is 11.8. The molecule has 3 heteroatoms. The van der Waals surface area contributed by atoms with Gasteiger partial charge in [0.2, 0.25) is 5.91 Å². The topological polar surface area (TPSA) is 55.1 Å². The van der Waals surface area contributed by atoms with Crippen molar-refractivity contribution in [2.24, 2.45) is 5.73 Å². The maximum atomic E-state index is 11.8. The fraction of sp³-hybridized carbons (Fsp3) is 0.438. The predicted octanol–water partition coefficient (Wildman–Crippen LogP) is 2.82. The van der Waals surface area contributed by atoms with Gasteiger partial charge >= 0.3 is 0 Å². The molecule has 102 valence electrons. The number of aryl methyl sites for hydroxylation is 1. The Morgan fingerprint density at radius 1 is 1.37 bits per heavy atom. The third-order valence-corrected chi connectivity index (χ3v) is 2.78. The third kappa shape index (κ3) is 5.58. The Balaban J connectivity index is 2.74. The monoisotopic (exact) mass is 258 g/mol. The first-order valence-electron chi connectivity index (χ1n) is 6.76. The number of hydrogen-bond acceptors (Lipinski definition) is 2. The number of hydrogen-bond donors (Lipinski definition) is 2. The molecular formula is C16H22N2O. The highest BCUT2D eigenvalue weighted by Crippen LogP contribution is 2.17. The van der Waals surface area contributed by atoms with E-state index in [-0.39, 0.29) is 5.91 Å². The SMILES string of the molecule is CCCCCC(=O)Nc1ccc(C)cc1C#CCN. The molecule has 1 rings (SSSR count). The van der Waals surface area contributed by atoms with Crippen LogP contribution in [0.25, 0.3) is 0 Å². The van der Waals surface area contributed by atoms with Crippen LogP contribution in [0.5, 0.6) is 0 Å². The summed E-state index contributed by atoms with van der Waals surface area (Å²) in [7, 11) is 0. The van der Waals surface area contributed by atoms with Crippen LogP contribution in [0.3, 0.4) is 0 Å². The summed E-state index contributed by atoms with van der Waals surface area (Å²) in [6.07, 6.45) is 3.69. The predicted molar refractivity (Wildman–Crippen MR) is 79.9 cm³/mol. The summed E-state index contributed by atoms with van der Waals surface area (Å²) in [5.74, 6) is 5.87. The number of carbonyl (C=O) groups is 1. The number of benzene rings is 1. The van der Waals surface area contributed by atoms with Gasteiger partial charge < -0.3 is 11.1 Å². The van der Waals surface area contributed by atoms with Crippen LogP contribution in [-0.4, -0.2) is 12.5 Å². The van der Waals surface area contributed by atoms with Gasteiger partial charge in [-0.3, -0.25) is 4.79 Å². The Kier molecular flexibility index (Phi) is 6.70. The second kappa shape index (κ2) is 8.34. The number of rotatable bonds is 5. The minimum Gasteiger partial charge on any atom is -0.325 e. The fourth-order valence-corrected chi connectivity index (χ4v) is 1.77. The van der Waals surface area contributed by atoms with Gasteiger partial charge in [0.1, 0.15) is 0 Å². The lowest BCUT2D eigenvalue weighted by atomic mass is 10.1. The molecule has 0 aliphatic heterocycles. The third-order valence-electron chi connectivity index (χ3n) is 2.78. The van der Waals surface area contributed by atoms with Gasteiger partial charge in [0.25, 0.3) is 0 Å². The lowest BCUT2D eigenvalue weighted by molar-refractivity contribution is -0.116. The molecule has 19 heavy (non-hydrogen) atoms. The van der Waals surface area contributed by atoms with Gasteiger partial charge in [0, 0.05) is 12.0 Å². The van der Waals surface area contributed by atoms with Crippen LogP contribution >= 0.6 is 0 Å². The van der Waals surface area contributed by atoms with E-state index in [9.17, 15) is 4.79 Å². The second-order valence-electron chi connectivity index (χ2n) is 4.56. The number of amides is 1. The van der Waals surface area contributed by atoms with Crippen molar-refractivity contribution in [1.82, 2.24) is 0 Å². The molecule has 1 aromatic carbocycles. The molecule has 0 heterocycles. The molecule has 0 spiro atoms. The summed E-state index contributed by atoms with van der Waals surface area (Å²) in [5, 5.41) is 2.92. The largest absolute Gasteiger partial charge is 0.325 e. The van der Waals surface area contributed by atoms with Gasteiger partial charge in [0.05, 0.1) is 12.2 Å². The lowest BCUT2D eigenvalue weighted by Gasteiger charge is -2.08. The molecule has 0 aliphatic carbocycles. The number of anilines is 1.